The lowest BCUT2D eigenvalue weighted by molar-refractivity contribution is 0.0939. The lowest BCUT2D eigenvalue weighted by Gasteiger charge is -2.12. The number of hydrogen-bond donors (Lipinski definition) is 2. The van der Waals surface area contributed by atoms with Crippen LogP contribution in [0, 0.1) is 0 Å². The number of nitrogens with one attached hydrogen (secondary N) is 2. The largest absolute Gasteiger partial charge is 0.486 e. The molecule has 0 saturated heterocycles. The molecule has 0 fully saturated rings. The molecule has 42 heavy (non-hydrogen) atoms. The molecule has 210 valence electrons. The van der Waals surface area contributed by atoms with Gasteiger partial charge in [0.1, 0.15) is 19.0 Å². The molecule has 0 radical (unpaired) electrons. The average molecular weight is 624 g/mol. The standard InChI is InChI=1S/C32H26BrN5O4/c33-25-17-27(42-21-23-10-5-2-6-11-23)30(36-19-25)32(40)38-28-16-24(13-15-34-28)18-37-31(39)29-26(12-7-14-35-29)41-20-22-8-3-1-4-9-22/h1-17,19H,18,20-21H2,(H,37,39)(H,34,38,40). The molecule has 0 spiro atoms. The summed E-state index contributed by atoms with van der Waals surface area (Å²) in [4.78, 5) is 38.8. The first-order chi connectivity index (χ1) is 20.5. The molecule has 0 atom stereocenters. The molecule has 0 bridgehead atoms. The van der Waals surface area contributed by atoms with Crippen molar-refractivity contribution in [3.63, 3.8) is 0 Å². The molecule has 2 N–H and O–H groups in total. The minimum Gasteiger partial charge on any atom is -0.486 e. The first-order valence-corrected chi connectivity index (χ1v) is 13.8. The van der Waals surface area contributed by atoms with Gasteiger partial charge in [-0.05, 0) is 63.0 Å². The van der Waals surface area contributed by atoms with Crippen LogP contribution in [0.1, 0.15) is 37.7 Å². The van der Waals surface area contributed by atoms with Crippen molar-refractivity contribution in [3.05, 3.63) is 142 Å². The highest BCUT2D eigenvalue weighted by molar-refractivity contribution is 9.10. The number of rotatable bonds is 11. The summed E-state index contributed by atoms with van der Waals surface area (Å²) in [6.07, 6.45) is 4.62. The van der Waals surface area contributed by atoms with Crippen molar-refractivity contribution in [1.29, 1.82) is 0 Å². The van der Waals surface area contributed by atoms with Crippen LogP contribution in [-0.2, 0) is 19.8 Å². The topological polar surface area (TPSA) is 115 Å². The van der Waals surface area contributed by atoms with Gasteiger partial charge in [0.2, 0.25) is 0 Å². The van der Waals surface area contributed by atoms with E-state index in [1.165, 1.54) is 6.20 Å². The Bertz CT molecular complexity index is 1670. The van der Waals surface area contributed by atoms with E-state index < -0.39 is 5.91 Å². The number of hydrogen-bond acceptors (Lipinski definition) is 7. The van der Waals surface area contributed by atoms with Gasteiger partial charge in [-0.15, -0.1) is 0 Å². The van der Waals surface area contributed by atoms with Crippen molar-refractivity contribution < 1.29 is 19.1 Å². The summed E-state index contributed by atoms with van der Waals surface area (Å²) < 4.78 is 12.4. The predicted octanol–water partition coefficient (Wildman–Crippen LogP) is 5.97. The third kappa shape index (κ3) is 7.76. The fourth-order valence-corrected chi connectivity index (χ4v) is 4.25. The van der Waals surface area contributed by atoms with Crippen LogP contribution in [0.4, 0.5) is 5.82 Å². The van der Waals surface area contributed by atoms with Crippen LogP contribution in [0.2, 0.25) is 0 Å². The Balaban J connectivity index is 1.21. The van der Waals surface area contributed by atoms with Crippen LogP contribution < -0.4 is 20.1 Å². The summed E-state index contributed by atoms with van der Waals surface area (Å²) in [6.45, 7) is 0.773. The van der Waals surface area contributed by atoms with Crippen molar-refractivity contribution in [2.75, 3.05) is 5.32 Å². The van der Waals surface area contributed by atoms with Crippen LogP contribution in [0.5, 0.6) is 11.5 Å². The number of carbonyl (C=O) groups is 2. The van der Waals surface area contributed by atoms with Gasteiger partial charge >= 0.3 is 0 Å². The van der Waals surface area contributed by atoms with E-state index in [1.807, 2.05) is 60.7 Å². The Labute approximate surface area is 251 Å². The fourth-order valence-electron chi connectivity index (χ4n) is 3.94. The van der Waals surface area contributed by atoms with Crippen LogP contribution in [0.3, 0.4) is 0 Å². The molecular formula is C32H26BrN5O4. The zero-order chi connectivity index (χ0) is 29.1. The third-order valence-corrected chi connectivity index (χ3v) is 6.45. The first kappa shape index (κ1) is 28.4. The Morgan fingerprint density at radius 1 is 0.667 bits per heavy atom. The highest BCUT2D eigenvalue weighted by atomic mass is 79.9. The number of nitrogens with zero attached hydrogens (tertiary/aromatic N) is 3. The quantitative estimate of drug-likeness (QED) is 0.186. The molecule has 0 saturated carbocycles. The molecule has 0 unspecified atom stereocenters. The SMILES string of the molecule is O=C(NCc1ccnc(NC(=O)c2ncc(Br)cc2OCc2ccccc2)c1)c1ncccc1OCc1ccccc1. The summed E-state index contributed by atoms with van der Waals surface area (Å²) in [5, 5.41) is 5.62. The summed E-state index contributed by atoms with van der Waals surface area (Å²) >= 11 is 3.38. The first-order valence-electron chi connectivity index (χ1n) is 13.0. The normalized spacial score (nSPS) is 10.5. The van der Waals surface area contributed by atoms with Gasteiger partial charge in [-0.25, -0.2) is 15.0 Å². The Morgan fingerprint density at radius 2 is 1.33 bits per heavy atom. The van der Waals surface area contributed by atoms with Crippen LogP contribution >= 0.6 is 15.9 Å². The van der Waals surface area contributed by atoms with E-state index in [1.54, 1.807) is 42.7 Å². The molecule has 2 aromatic carbocycles. The smallest absolute Gasteiger partial charge is 0.279 e. The maximum absolute atomic E-state index is 13.1. The van der Waals surface area contributed by atoms with Crippen LogP contribution in [-0.4, -0.2) is 26.8 Å². The van der Waals surface area contributed by atoms with Crippen LogP contribution in [0.15, 0.2) is 114 Å². The predicted molar refractivity (Wildman–Crippen MR) is 161 cm³/mol. The number of ether oxygens (including phenoxy) is 2. The monoisotopic (exact) mass is 623 g/mol. The Kier molecular flexibility index (Phi) is 9.48. The van der Waals surface area contributed by atoms with Gasteiger partial charge in [0.25, 0.3) is 11.8 Å². The van der Waals surface area contributed by atoms with Crippen molar-refractivity contribution in [2.24, 2.45) is 0 Å². The van der Waals surface area contributed by atoms with Crippen LogP contribution in [0.25, 0.3) is 0 Å². The fraction of sp³-hybridized carbons (Fsp3) is 0.0938. The molecule has 3 heterocycles. The molecule has 2 amide bonds. The second-order valence-electron chi connectivity index (χ2n) is 9.09. The second-order valence-corrected chi connectivity index (χ2v) is 10.0. The number of anilines is 1. The van der Waals surface area contributed by atoms with Gasteiger partial charge in [-0.2, -0.15) is 0 Å². The molecule has 5 rings (SSSR count). The molecule has 10 heteroatoms. The van der Waals surface area contributed by atoms with Crippen molar-refractivity contribution in [2.45, 2.75) is 19.8 Å². The van der Waals surface area contributed by atoms with E-state index >= 15 is 0 Å². The average Bonchev–Trinajstić information content (AvgIpc) is 3.03. The summed E-state index contributed by atoms with van der Waals surface area (Å²) in [7, 11) is 0. The van der Waals surface area contributed by atoms with Crippen molar-refractivity contribution >= 4 is 33.6 Å². The van der Waals surface area contributed by atoms with Gasteiger partial charge in [-0.1, -0.05) is 60.7 Å². The van der Waals surface area contributed by atoms with E-state index in [9.17, 15) is 9.59 Å². The lowest BCUT2D eigenvalue weighted by atomic mass is 10.2. The molecule has 0 aliphatic heterocycles. The molecule has 3 aromatic heterocycles. The number of benzene rings is 2. The highest BCUT2D eigenvalue weighted by Gasteiger charge is 2.17. The van der Waals surface area contributed by atoms with Crippen molar-refractivity contribution in [3.8, 4) is 11.5 Å². The molecule has 5 aromatic rings. The number of pyridine rings is 3. The number of carbonyl (C=O) groups excluding carboxylic acids is 2. The van der Waals surface area contributed by atoms with Gasteiger partial charge in [0, 0.05) is 29.6 Å². The van der Waals surface area contributed by atoms with E-state index in [-0.39, 0.29) is 30.4 Å². The van der Waals surface area contributed by atoms with Gasteiger partial charge in [-0.3, -0.25) is 9.59 Å². The second kappa shape index (κ2) is 14.0. The third-order valence-electron chi connectivity index (χ3n) is 6.01. The summed E-state index contributed by atoms with van der Waals surface area (Å²) in [6, 6.07) is 27.8. The number of amides is 2. The Hall–Kier alpha value is -5.09. The van der Waals surface area contributed by atoms with E-state index in [0.717, 1.165) is 16.7 Å². The molecule has 0 aliphatic carbocycles. The molecule has 0 aliphatic rings. The van der Waals surface area contributed by atoms with Crippen molar-refractivity contribution in [1.82, 2.24) is 20.3 Å². The zero-order valence-corrected chi connectivity index (χ0v) is 24.0. The number of aromatic nitrogens is 3. The van der Waals surface area contributed by atoms with Gasteiger partial charge < -0.3 is 20.1 Å². The highest BCUT2D eigenvalue weighted by Crippen LogP contribution is 2.24. The van der Waals surface area contributed by atoms with E-state index in [4.69, 9.17) is 9.47 Å². The molecular weight excluding hydrogens is 598 g/mol. The number of halogens is 1. The maximum atomic E-state index is 13.1. The van der Waals surface area contributed by atoms with E-state index in [0.29, 0.717) is 28.4 Å². The zero-order valence-electron chi connectivity index (χ0n) is 22.4. The van der Waals surface area contributed by atoms with E-state index in [2.05, 4.69) is 41.5 Å². The lowest BCUT2D eigenvalue weighted by Crippen LogP contribution is -2.24. The minimum absolute atomic E-state index is 0.118. The maximum Gasteiger partial charge on any atom is 0.279 e. The Morgan fingerprint density at radius 3 is 2.05 bits per heavy atom. The summed E-state index contributed by atoms with van der Waals surface area (Å²) in [5.74, 6) is 0.145. The molecule has 9 nitrogen and oxygen atoms in total. The minimum atomic E-state index is -0.479. The summed E-state index contributed by atoms with van der Waals surface area (Å²) in [5.41, 5.74) is 2.96. The van der Waals surface area contributed by atoms with Gasteiger partial charge in [0.05, 0.1) is 0 Å². The van der Waals surface area contributed by atoms with Gasteiger partial charge in [0.15, 0.2) is 22.9 Å².